The molecule has 2 aliphatic rings. The molecule has 1 fully saturated rings. The van der Waals surface area contributed by atoms with Gasteiger partial charge in [0.2, 0.25) is 5.91 Å². The Hall–Kier alpha value is -3.19. The molecule has 2 aliphatic heterocycles. The van der Waals surface area contributed by atoms with Crippen LogP contribution in [0.3, 0.4) is 0 Å². The van der Waals surface area contributed by atoms with E-state index < -0.39 is 11.6 Å². The molecule has 0 unspecified atom stereocenters. The molecule has 1 saturated heterocycles. The largest absolute Gasteiger partial charge is 0.383 e. The molecule has 7 heteroatoms. The Kier molecular flexibility index (Phi) is 5.77. The zero-order chi connectivity index (χ0) is 23.0. The number of rotatable bonds is 5. The van der Waals surface area contributed by atoms with E-state index >= 15 is 0 Å². The van der Waals surface area contributed by atoms with Crippen molar-refractivity contribution >= 4 is 23.5 Å². The maximum atomic E-state index is 12.8. The summed E-state index contributed by atoms with van der Waals surface area (Å²) in [7, 11) is 0. The molecule has 0 saturated carbocycles. The van der Waals surface area contributed by atoms with Crippen molar-refractivity contribution in [3.8, 4) is 0 Å². The van der Waals surface area contributed by atoms with Crippen molar-refractivity contribution in [3.05, 3.63) is 65.7 Å². The molecule has 0 spiro atoms. The number of amides is 2. The Morgan fingerprint density at radius 2 is 1.88 bits per heavy atom. The molecule has 0 aromatic heterocycles. The van der Waals surface area contributed by atoms with Crippen molar-refractivity contribution < 1.29 is 14.7 Å². The SMILES string of the molecule is CC(C)[C@]1(C)CC(=O)N(Cc2cccc(N3C[C@@H](c4ccccc4)[C@@H](O)C3=O)c2)C(N)=N1. The lowest BCUT2D eigenvalue weighted by Crippen LogP contribution is -2.51. The lowest BCUT2D eigenvalue weighted by Gasteiger charge is -2.37. The fourth-order valence-electron chi connectivity index (χ4n) is 4.34. The maximum Gasteiger partial charge on any atom is 0.256 e. The normalized spacial score (nSPS) is 26.1. The van der Waals surface area contributed by atoms with Gasteiger partial charge in [0.15, 0.2) is 5.96 Å². The molecule has 2 aromatic carbocycles. The number of aliphatic hydroxyl groups excluding tert-OH is 1. The van der Waals surface area contributed by atoms with Gasteiger partial charge < -0.3 is 15.7 Å². The number of guanidine groups is 1. The minimum atomic E-state index is -1.08. The highest BCUT2D eigenvalue weighted by Crippen LogP contribution is 2.33. The third-order valence-corrected chi connectivity index (χ3v) is 6.77. The smallest absolute Gasteiger partial charge is 0.256 e. The summed E-state index contributed by atoms with van der Waals surface area (Å²) in [6.45, 7) is 6.70. The highest BCUT2D eigenvalue weighted by Gasteiger charge is 2.41. The van der Waals surface area contributed by atoms with E-state index in [2.05, 4.69) is 4.99 Å². The van der Waals surface area contributed by atoms with Crippen molar-refractivity contribution in [1.29, 1.82) is 0 Å². The monoisotopic (exact) mass is 434 g/mol. The van der Waals surface area contributed by atoms with Crippen LogP contribution in [0.5, 0.6) is 0 Å². The number of benzene rings is 2. The number of aliphatic hydroxyl groups is 1. The van der Waals surface area contributed by atoms with Gasteiger partial charge in [-0.05, 0) is 36.1 Å². The lowest BCUT2D eigenvalue weighted by molar-refractivity contribution is -0.130. The second kappa shape index (κ2) is 8.39. The molecule has 168 valence electrons. The van der Waals surface area contributed by atoms with Crippen molar-refractivity contribution in [2.24, 2.45) is 16.6 Å². The first kappa shape index (κ1) is 22.0. The summed E-state index contributed by atoms with van der Waals surface area (Å²) >= 11 is 0. The van der Waals surface area contributed by atoms with E-state index in [1.54, 1.807) is 4.90 Å². The van der Waals surface area contributed by atoms with Gasteiger partial charge in [-0.15, -0.1) is 0 Å². The standard InChI is InChI=1S/C25H30N4O3/c1-16(2)25(3)13-21(30)29(24(26)27-25)14-17-8-7-11-19(12-17)28-15-20(22(31)23(28)32)18-9-5-4-6-10-18/h4-12,16,20,22,31H,13-15H2,1-3H3,(H2,26,27)/t20-,22+,25-/m0/s1. The van der Waals surface area contributed by atoms with Crippen LogP contribution in [0.25, 0.3) is 0 Å². The number of hydrogen-bond donors (Lipinski definition) is 2. The van der Waals surface area contributed by atoms with Gasteiger partial charge in [-0.25, -0.2) is 4.99 Å². The average Bonchev–Trinajstić information content (AvgIpc) is 3.06. The summed E-state index contributed by atoms with van der Waals surface area (Å²) in [5, 5.41) is 10.6. The number of carbonyl (C=O) groups is 2. The first-order chi connectivity index (χ1) is 15.2. The van der Waals surface area contributed by atoms with Crippen molar-refractivity contribution in [1.82, 2.24) is 4.90 Å². The number of nitrogens with zero attached hydrogens (tertiary/aromatic N) is 3. The van der Waals surface area contributed by atoms with Gasteiger partial charge in [-0.1, -0.05) is 56.3 Å². The second-order valence-corrected chi connectivity index (χ2v) is 9.22. The first-order valence-electron chi connectivity index (χ1n) is 11.0. The summed E-state index contributed by atoms with van der Waals surface area (Å²) in [6, 6.07) is 17.0. The van der Waals surface area contributed by atoms with Crippen molar-refractivity contribution in [3.63, 3.8) is 0 Å². The molecule has 7 nitrogen and oxygen atoms in total. The molecular formula is C25H30N4O3. The Bertz CT molecular complexity index is 1050. The Balaban J connectivity index is 1.55. The minimum Gasteiger partial charge on any atom is -0.383 e. The predicted octanol–water partition coefficient (Wildman–Crippen LogP) is 2.64. The van der Waals surface area contributed by atoms with E-state index in [0.29, 0.717) is 18.7 Å². The van der Waals surface area contributed by atoms with Crippen LogP contribution in [-0.2, 0) is 16.1 Å². The van der Waals surface area contributed by atoms with E-state index in [4.69, 9.17) is 5.73 Å². The zero-order valence-electron chi connectivity index (χ0n) is 18.7. The molecule has 2 heterocycles. The number of nitrogens with two attached hydrogens (primary N) is 1. The molecule has 0 aliphatic carbocycles. The van der Waals surface area contributed by atoms with Crippen LogP contribution in [0, 0.1) is 5.92 Å². The van der Waals surface area contributed by atoms with Gasteiger partial charge in [0.05, 0.1) is 18.5 Å². The highest BCUT2D eigenvalue weighted by atomic mass is 16.3. The molecule has 2 aromatic rings. The summed E-state index contributed by atoms with van der Waals surface area (Å²) < 4.78 is 0. The topological polar surface area (TPSA) is 99.2 Å². The molecule has 32 heavy (non-hydrogen) atoms. The van der Waals surface area contributed by atoms with Gasteiger partial charge >= 0.3 is 0 Å². The maximum absolute atomic E-state index is 12.8. The third-order valence-electron chi connectivity index (χ3n) is 6.77. The summed E-state index contributed by atoms with van der Waals surface area (Å²) in [5.74, 6) is -0.248. The number of aliphatic imine (C=N–C) groups is 1. The Morgan fingerprint density at radius 3 is 2.53 bits per heavy atom. The molecule has 3 atom stereocenters. The summed E-state index contributed by atoms with van der Waals surface area (Å²) in [4.78, 5) is 33.3. The van der Waals surface area contributed by atoms with E-state index in [-0.39, 0.29) is 36.2 Å². The number of carbonyl (C=O) groups excluding carboxylic acids is 2. The molecule has 4 rings (SSSR count). The highest BCUT2D eigenvalue weighted by molar-refractivity contribution is 6.00. The number of anilines is 1. The number of hydrogen-bond acceptors (Lipinski definition) is 5. The summed E-state index contributed by atoms with van der Waals surface area (Å²) in [6.07, 6.45) is -0.776. The molecule has 0 bridgehead atoms. The van der Waals surface area contributed by atoms with Gasteiger partial charge in [-0.2, -0.15) is 0 Å². The van der Waals surface area contributed by atoms with Gasteiger partial charge in [-0.3, -0.25) is 14.5 Å². The Labute approximate surface area is 188 Å². The fourth-order valence-corrected chi connectivity index (χ4v) is 4.34. The van der Waals surface area contributed by atoms with Crippen LogP contribution in [0.4, 0.5) is 5.69 Å². The van der Waals surface area contributed by atoms with Crippen molar-refractivity contribution in [2.45, 2.75) is 51.3 Å². The van der Waals surface area contributed by atoms with Crippen LogP contribution < -0.4 is 10.6 Å². The van der Waals surface area contributed by atoms with E-state index in [1.165, 1.54) is 4.90 Å². The fraction of sp³-hybridized carbons (Fsp3) is 0.400. The van der Waals surface area contributed by atoms with Gasteiger partial charge in [0, 0.05) is 18.2 Å². The van der Waals surface area contributed by atoms with E-state index in [9.17, 15) is 14.7 Å². The molecule has 2 amide bonds. The van der Waals surface area contributed by atoms with E-state index in [0.717, 1.165) is 11.1 Å². The van der Waals surface area contributed by atoms with Crippen LogP contribution >= 0.6 is 0 Å². The van der Waals surface area contributed by atoms with Crippen molar-refractivity contribution in [2.75, 3.05) is 11.4 Å². The predicted molar refractivity (Wildman–Crippen MR) is 124 cm³/mol. The van der Waals surface area contributed by atoms with Crippen LogP contribution in [0.1, 0.15) is 44.2 Å². The van der Waals surface area contributed by atoms with Crippen LogP contribution in [0.2, 0.25) is 0 Å². The first-order valence-corrected chi connectivity index (χ1v) is 11.0. The molecular weight excluding hydrogens is 404 g/mol. The minimum absolute atomic E-state index is 0.0593. The van der Waals surface area contributed by atoms with E-state index in [1.807, 2.05) is 75.4 Å². The molecule has 0 radical (unpaired) electrons. The quantitative estimate of drug-likeness (QED) is 0.756. The second-order valence-electron chi connectivity index (χ2n) is 9.22. The van der Waals surface area contributed by atoms with Crippen LogP contribution in [0.15, 0.2) is 59.6 Å². The molecule has 3 N–H and O–H groups in total. The van der Waals surface area contributed by atoms with Gasteiger partial charge in [0.25, 0.3) is 5.91 Å². The zero-order valence-corrected chi connectivity index (χ0v) is 18.7. The Morgan fingerprint density at radius 1 is 1.16 bits per heavy atom. The average molecular weight is 435 g/mol. The lowest BCUT2D eigenvalue weighted by atomic mass is 9.84. The van der Waals surface area contributed by atoms with Crippen LogP contribution in [-0.4, -0.2) is 46.0 Å². The third kappa shape index (κ3) is 4.00. The van der Waals surface area contributed by atoms with Gasteiger partial charge in [0.1, 0.15) is 6.10 Å². The summed E-state index contributed by atoms with van der Waals surface area (Å²) in [5.41, 5.74) is 8.14.